The van der Waals surface area contributed by atoms with Crippen LogP contribution in [-0.4, -0.2) is 22.6 Å². The Morgan fingerprint density at radius 1 is 1.53 bits per heavy atom. The van der Waals surface area contributed by atoms with Crippen molar-refractivity contribution in [2.24, 2.45) is 11.8 Å². The maximum Gasteiger partial charge on any atom is 0.357 e. The van der Waals surface area contributed by atoms with Crippen molar-refractivity contribution in [1.82, 2.24) is 4.98 Å². The molecule has 0 aromatic carbocycles. The summed E-state index contributed by atoms with van der Waals surface area (Å²) >= 11 is 1.36. The summed E-state index contributed by atoms with van der Waals surface area (Å²) in [4.78, 5) is 14.7. The first-order chi connectivity index (χ1) is 8.16. The van der Waals surface area contributed by atoms with Crippen LogP contribution in [-0.2, 0) is 0 Å². The number of nitrogens with one attached hydrogen (secondary N) is 1. The number of carboxylic acid groups (broad SMARTS) is 1. The van der Waals surface area contributed by atoms with E-state index in [1.54, 1.807) is 5.51 Å². The number of nitrogens with zero attached hydrogens (tertiary/aromatic N) is 1. The molecular formula is C12H18N2O2S. The van der Waals surface area contributed by atoms with Crippen molar-refractivity contribution in [2.45, 2.75) is 32.6 Å². The number of aromatic carboxylic acids is 1. The highest BCUT2D eigenvalue weighted by atomic mass is 32.1. The van der Waals surface area contributed by atoms with E-state index in [9.17, 15) is 4.79 Å². The van der Waals surface area contributed by atoms with Crippen LogP contribution in [0.4, 0.5) is 5.00 Å². The Balaban J connectivity index is 1.85. The summed E-state index contributed by atoms with van der Waals surface area (Å²) in [6.45, 7) is 3.17. The van der Waals surface area contributed by atoms with Gasteiger partial charge in [-0.25, -0.2) is 9.78 Å². The normalized spacial score (nSPS) is 24.5. The molecule has 4 nitrogen and oxygen atoms in total. The Kier molecular flexibility index (Phi) is 3.99. The molecule has 1 saturated carbocycles. The summed E-state index contributed by atoms with van der Waals surface area (Å²) in [5.41, 5.74) is 1.73. The van der Waals surface area contributed by atoms with Gasteiger partial charge in [-0.3, -0.25) is 0 Å². The number of thiazole rings is 1. The predicted molar refractivity (Wildman–Crippen MR) is 68.7 cm³/mol. The molecule has 0 unspecified atom stereocenters. The first-order valence-electron chi connectivity index (χ1n) is 6.07. The fraction of sp³-hybridized carbons (Fsp3) is 0.667. The van der Waals surface area contributed by atoms with Crippen LogP contribution in [0.1, 0.15) is 43.1 Å². The van der Waals surface area contributed by atoms with E-state index < -0.39 is 5.97 Å². The number of hydrogen-bond donors (Lipinski definition) is 2. The highest BCUT2D eigenvalue weighted by Crippen LogP contribution is 2.29. The Hall–Kier alpha value is -1.10. The van der Waals surface area contributed by atoms with Crippen molar-refractivity contribution in [2.75, 3.05) is 11.9 Å². The highest BCUT2D eigenvalue weighted by molar-refractivity contribution is 7.14. The Morgan fingerprint density at radius 3 is 2.88 bits per heavy atom. The second kappa shape index (κ2) is 5.49. The van der Waals surface area contributed by atoms with E-state index in [1.165, 1.54) is 37.0 Å². The number of carboxylic acids is 1. The van der Waals surface area contributed by atoms with Crippen molar-refractivity contribution in [3.8, 4) is 0 Å². The zero-order chi connectivity index (χ0) is 12.3. The number of carbonyl (C=O) groups is 1. The van der Waals surface area contributed by atoms with E-state index in [1.807, 2.05) is 0 Å². The topological polar surface area (TPSA) is 62.2 Å². The van der Waals surface area contributed by atoms with Gasteiger partial charge >= 0.3 is 5.97 Å². The van der Waals surface area contributed by atoms with Gasteiger partial charge in [-0.1, -0.05) is 19.8 Å². The van der Waals surface area contributed by atoms with Gasteiger partial charge < -0.3 is 10.4 Å². The molecule has 1 aromatic heterocycles. The number of hydrogen-bond acceptors (Lipinski definition) is 4. The Labute approximate surface area is 105 Å². The largest absolute Gasteiger partial charge is 0.476 e. The first kappa shape index (κ1) is 12.4. The lowest BCUT2D eigenvalue weighted by Gasteiger charge is -2.26. The van der Waals surface area contributed by atoms with Crippen molar-refractivity contribution in [3.05, 3.63) is 11.2 Å². The molecule has 1 aliphatic carbocycles. The second-order valence-corrected chi connectivity index (χ2v) is 5.70. The zero-order valence-corrected chi connectivity index (χ0v) is 10.8. The molecule has 2 N–H and O–H groups in total. The molecule has 2 rings (SSSR count). The van der Waals surface area contributed by atoms with Crippen molar-refractivity contribution in [3.63, 3.8) is 0 Å². The van der Waals surface area contributed by atoms with Crippen molar-refractivity contribution >= 4 is 22.3 Å². The summed E-state index contributed by atoms with van der Waals surface area (Å²) in [5, 5.41) is 12.9. The quantitative estimate of drug-likeness (QED) is 0.866. The van der Waals surface area contributed by atoms with Crippen LogP contribution in [0.5, 0.6) is 0 Å². The molecule has 0 saturated heterocycles. The third kappa shape index (κ3) is 3.19. The average Bonchev–Trinajstić information content (AvgIpc) is 2.76. The monoisotopic (exact) mass is 254 g/mol. The molecule has 17 heavy (non-hydrogen) atoms. The molecule has 1 heterocycles. The summed E-state index contributed by atoms with van der Waals surface area (Å²) < 4.78 is 0. The minimum absolute atomic E-state index is 0.152. The van der Waals surface area contributed by atoms with Gasteiger partial charge in [0.15, 0.2) is 5.69 Å². The van der Waals surface area contributed by atoms with E-state index in [2.05, 4.69) is 17.2 Å². The Morgan fingerprint density at radius 2 is 2.24 bits per heavy atom. The average molecular weight is 254 g/mol. The van der Waals surface area contributed by atoms with Gasteiger partial charge in [0.05, 0.1) is 5.51 Å². The van der Waals surface area contributed by atoms with E-state index in [0.717, 1.165) is 12.5 Å². The molecule has 5 heteroatoms. The summed E-state index contributed by atoms with van der Waals surface area (Å²) in [6, 6.07) is 0. The lowest BCUT2D eigenvalue weighted by molar-refractivity contribution is 0.0692. The van der Waals surface area contributed by atoms with Gasteiger partial charge in [0.25, 0.3) is 0 Å². The standard InChI is InChI=1S/C12H18N2O2S/c1-8-2-4-9(5-3-8)6-13-11-10(12(15)16)14-7-17-11/h7-9,13H,2-6H2,1H3,(H,15,16). The minimum Gasteiger partial charge on any atom is -0.476 e. The van der Waals surface area contributed by atoms with Gasteiger partial charge in [0.1, 0.15) is 5.00 Å². The molecule has 0 radical (unpaired) electrons. The SMILES string of the molecule is CC1CCC(CNc2scnc2C(=O)O)CC1. The third-order valence-corrected chi connectivity index (χ3v) is 4.24. The van der Waals surface area contributed by atoms with E-state index in [4.69, 9.17) is 5.11 Å². The van der Waals surface area contributed by atoms with E-state index in [0.29, 0.717) is 10.9 Å². The molecule has 94 valence electrons. The molecule has 0 spiro atoms. The predicted octanol–water partition coefficient (Wildman–Crippen LogP) is 3.08. The molecule has 1 fully saturated rings. The molecule has 0 atom stereocenters. The summed E-state index contributed by atoms with van der Waals surface area (Å²) in [7, 11) is 0. The minimum atomic E-state index is -0.953. The van der Waals surface area contributed by atoms with E-state index >= 15 is 0 Å². The fourth-order valence-electron chi connectivity index (χ4n) is 2.29. The maximum absolute atomic E-state index is 10.9. The molecule has 0 aliphatic heterocycles. The van der Waals surface area contributed by atoms with Gasteiger partial charge in [0.2, 0.25) is 0 Å². The van der Waals surface area contributed by atoms with E-state index in [-0.39, 0.29) is 5.69 Å². The lowest BCUT2D eigenvalue weighted by atomic mass is 9.83. The lowest BCUT2D eigenvalue weighted by Crippen LogP contribution is -2.20. The molecule has 0 amide bonds. The van der Waals surface area contributed by atoms with Crippen LogP contribution < -0.4 is 5.32 Å². The molecular weight excluding hydrogens is 236 g/mol. The van der Waals surface area contributed by atoms with Crippen LogP contribution in [0.15, 0.2) is 5.51 Å². The van der Waals surface area contributed by atoms with Gasteiger partial charge in [-0.15, -0.1) is 11.3 Å². The van der Waals surface area contributed by atoms with Gasteiger partial charge in [-0.05, 0) is 24.7 Å². The Bertz CT molecular complexity index is 384. The maximum atomic E-state index is 10.9. The van der Waals surface area contributed by atoms with Crippen LogP contribution in [0.3, 0.4) is 0 Å². The number of rotatable bonds is 4. The molecule has 1 aromatic rings. The second-order valence-electron chi connectivity index (χ2n) is 4.84. The molecule has 0 bridgehead atoms. The summed E-state index contributed by atoms with van der Waals surface area (Å²) in [6.07, 6.45) is 5.08. The third-order valence-electron chi connectivity index (χ3n) is 3.46. The number of anilines is 1. The summed E-state index contributed by atoms with van der Waals surface area (Å²) in [5.74, 6) is 0.574. The van der Waals surface area contributed by atoms with Crippen LogP contribution in [0.2, 0.25) is 0 Å². The molecule has 1 aliphatic rings. The first-order valence-corrected chi connectivity index (χ1v) is 6.95. The van der Waals surface area contributed by atoms with Crippen LogP contribution in [0.25, 0.3) is 0 Å². The van der Waals surface area contributed by atoms with Crippen molar-refractivity contribution in [1.29, 1.82) is 0 Å². The van der Waals surface area contributed by atoms with Gasteiger partial charge in [-0.2, -0.15) is 0 Å². The fourth-order valence-corrected chi connectivity index (χ4v) is 2.98. The zero-order valence-electron chi connectivity index (χ0n) is 9.98. The van der Waals surface area contributed by atoms with Crippen molar-refractivity contribution < 1.29 is 9.90 Å². The van der Waals surface area contributed by atoms with Crippen LogP contribution in [0, 0.1) is 11.8 Å². The van der Waals surface area contributed by atoms with Crippen LogP contribution >= 0.6 is 11.3 Å². The number of aromatic nitrogens is 1. The van der Waals surface area contributed by atoms with Gasteiger partial charge in [0, 0.05) is 6.54 Å². The smallest absolute Gasteiger partial charge is 0.357 e. The highest BCUT2D eigenvalue weighted by Gasteiger charge is 2.19.